The second kappa shape index (κ2) is 3.40. The van der Waals surface area contributed by atoms with E-state index in [4.69, 9.17) is 5.11 Å². The van der Waals surface area contributed by atoms with Crippen LogP contribution in [0.15, 0.2) is 12.3 Å². The highest BCUT2D eigenvalue weighted by Gasteiger charge is 2.27. The number of rotatable bonds is 2. The standard InChI is InChI=1S/C11H13NO2/c1-2-7-3-8-4-9(11(13)14)5-10(8)12-6-7/h3,6,9H,2,4-5H2,1H3,(H,13,14). The Morgan fingerprint density at radius 2 is 2.43 bits per heavy atom. The minimum absolute atomic E-state index is 0.260. The van der Waals surface area contributed by atoms with Gasteiger partial charge >= 0.3 is 5.97 Å². The summed E-state index contributed by atoms with van der Waals surface area (Å²) >= 11 is 0. The largest absolute Gasteiger partial charge is 0.481 e. The molecule has 1 heterocycles. The Bertz CT molecular complexity index is 374. The van der Waals surface area contributed by atoms with Gasteiger partial charge in [-0.3, -0.25) is 9.78 Å². The molecule has 2 rings (SSSR count). The zero-order valence-electron chi connectivity index (χ0n) is 8.16. The van der Waals surface area contributed by atoms with Crippen LogP contribution in [-0.4, -0.2) is 16.1 Å². The van der Waals surface area contributed by atoms with Crippen LogP contribution in [0, 0.1) is 5.92 Å². The second-order valence-corrected chi connectivity index (χ2v) is 3.75. The van der Waals surface area contributed by atoms with Gasteiger partial charge in [0.05, 0.1) is 5.92 Å². The molecule has 74 valence electrons. The minimum Gasteiger partial charge on any atom is -0.481 e. The molecule has 0 spiro atoms. The number of aliphatic carboxylic acids is 1. The maximum Gasteiger partial charge on any atom is 0.307 e. The monoisotopic (exact) mass is 191 g/mol. The molecule has 0 bridgehead atoms. The lowest BCUT2D eigenvalue weighted by atomic mass is 10.1. The Morgan fingerprint density at radius 1 is 1.64 bits per heavy atom. The molecule has 0 fully saturated rings. The zero-order chi connectivity index (χ0) is 10.1. The minimum atomic E-state index is -0.707. The van der Waals surface area contributed by atoms with E-state index < -0.39 is 5.97 Å². The zero-order valence-corrected chi connectivity index (χ0v) is 8.16. The van der Waals surface area contributed by atoms with E-state index in [2.05, 4.69) is 18.0 Å². The van der Waals surface area contributed by atoms with Gasteiger partial charge in [0.15, 0.2) is 0 Å². The predicted molar refractivity (Wildman–Crippen MR) is 52.1 cm³/mol. The molecule has 1 unspecified atom stereocenters. The van der Waals surface area contributed by atoms with Gasteiger partial charge in [0.25, 0.3) is 0 Å². The molecule has 14 heavy (non-hydrogen) atoms. The number of nitrogens with zero attached hydrogens (tertiary/aromatic N) is 1. The van der Waals surface area contributed by atoms with Crippen LogP contribution in [-0.2, 0) is 24.1 Å². The lowest BCUT2D eigenvalue weighted by Gasteiger charge is -2.00. The number of carbonyl (C=O) groups is 1. The summed E-state index contributed by atoms with van der Waals surface area (Å²) in [6.07, 6.45) is 4.04. The Morgan fingerprint density at radius 3 is 3.07 bits per heavy atom. The molecule has 1 aliphatic carbocycles. The van der Waals surface area contributed by atoms with Gasteiger partial charge in [-0.05, 0) is 24.0 Å². The van der Waals surface area contributed by atoms with Crippen molar-refractivity contribution in [2.24, 2.45) is 5.92 Å². The van der Waals surface area contributed by atoms with Crippen LogP contribution in [0.1, 0.15) is 23.7 Å². The van der Waals surface area contributed by atoms with E-state index in [1.165, 1.54) is 5.56 Å². The smallest absolute Gasteiger partial charge is 0.307 e. The van der Waals surface area contributed by atoms with Crippen molar-refractivity contribution in [2.45, 2.75) is 26.2 Å². The summed E-state index contributed by atoms with van der Waals surface area (Å²) in [7, 11) is 0. The molecule has 0 saturated carbocycles. The molecule has 1 N–H and O–H groups in total. The first-order valence-corrected chi connectivity index (χ1v) is 4.90. The van der Waals surface area contributed by atoms with Crippen LogP contribution in [0.4, 0.5) is 0 Å². The van der Waals surface area contributed by atoms with Crippen molar-refractivity contribution in [1.29, 1.82) is 0 Å². The molecular formula is C11H13NO2. The van der Waals surface area contributed by atoms with Crippen LogP contribution in [0.5, 0.6) is 0 Å². The van der Waals surface area contributed by atoms with Gasteiger partial charge < -0.3 is 5.11 Å². The Balaban J connectivity index is 2.27. The first kappa shape index (κ1) is 9.19. The van der Waals surface area contributed by atoms with Crippen LogP contribution < -0.4 is 0 Å². The van der Waals surface area contributed by atoms with Gasteiger partial charge in [-0.25, -0.2) is 0 Å². The Kier molecular flexibility index (Phi) is 2.23. The summed E-state index contributed by atoms with van der Waals surface area (Å²) < 4.78 is 0. The van der Waals surface area contributed by atoms with Crippen molar-refractivity contribution >= 4 is 5.97 Å². The molecule has 0 radical (unpaired) electrons. The Labute approximate surface area is 82.8 Å². The number of carboxylic acids is 1. The van der Waals surface area contributed by atoms with Gasteiger partial charge in [-0.1, -0.05) is 13.0 Å². The van der Waals surface area contributed by atoms with Crippen molar-refractivity contribution in [3.63, 3.8) is 0 Å². The SMILES string of the molecule is CCc1cnc2c(c1)CC(C(=O)O)C2. The number of hydrogen-bond acceptors (Lipinski definition) is 2. The molecule has 0 saturated heterocycles. The van der Waals surface area contributed by atoms with Gasteiger partial charge in [-0.2, -0.15) is 0 Å². The molecule has 3 heteroatoms. The average molecular weight is 191 g/mol. The third-order valence-corrected chi connectivity index (χ3v) is 2.78. The van der Waals surface area contributed by atoms with Crippen molar-refractivity contribution in [3.8, 4) is 0 Å². The lowest BCUT2D eigenvalue weighted by molar-refractivity contribution is -0.141. The quantitative estimate of drug-likeness (QED) is 0.769. The van der Waals surface area contributed by atoms with E-state index in [0.29, 0.717) is 12.8 Å². The fourth-order valence-electron chi connectivity index (χ4n) is 1.89. The average Bonchev–Trinajstić information content (AvgIpc) is 2.59. The second-order valence-electron chi connectivity index (χ2n) is 3.75. The van der Waals surface area contributed by atoms with Gasteiger partial charge in [-0.15, -0.1) is 0 Å². The molecule has 1 aromatic rings. The first-order valence-electron chi connectivity index (χ1n) is 4.90. The molecule has 3 nitrogen and oxygen atoms in total. The van der Waals surface area contributed by atoms with E-state index in [1.807, 2.05) is 6.20 Å². The van der Waals surface area contributed by atoms with E-state index in [1.54, 1.807) is 0 Å². The summed E-state index contributed by atoms with van der Waals surface area (Å²) in [4.78, 5) is 15.1. The molecule has 0 amide bonds. The summed E-state index contributed by atoms with van der Waals surface area (Å²) in [5, 5.41) is 8.88. The van der Waals surface area contributed by atoms with Crippen molar-refractivity contribution < 1.29 is 9.90 Å². The third kappa shape index (κ3) is 1.50. The molecular weight excluding hydrogens is 178 g/mol. The van der Waals surface area contributed by atoms with Crippen molar-refractivity contribution in [1.82, 2.24) is 4.98 Å². The van der Waals surface area contributed by atoms with Gasteiger partial charge in [0.2, 0.25) is 0 Å². The van der Waals surface area contributed by atoms with E-state index in [9.17, 15) is 4.79 Å². The van der Waals surface area contributed by atoms with Crippen LogP contribution in [0.25, 0.3) is 0 Å². The highest BCUT2D eigenvalue weighted by atomic mass is 16.4. The fourth-order valence-corrected chi connectivity index (χ4v) is 1.89. The van der Waals surface area contributed by atoms with E-state index in [0.717, 1.165) is 17.7 Å². The lowest BCUT2D eigenvalue weighted by Crippen LogP contribution is -2.13. The molecule has 1 aliphatic rings. The Hall–Kier alpha value is -1.38. The van der Waals surface area contributed by atoms with Crippen LogP contribution in [0.3, 0.4) is 0 Å². The maximum absolute atomic E-state index is 10.8. The van der Waals surface area contributed by atoms with E-state index in [-0.39, 0.29) is 5.92 Å². The topological polar surface area (TPSA) is 50.2 Å². The summed E-state index contributed by atoms with van der Waals surface area (Å²) in [6.45, 7) is 2.08. The number of aromatic nitrogens is 1. The van der Waals surface area contributed by atoms with Gasteiger partial charge in [0.1, 0.15) is 0 Å². The highest BCUT2D eigenvalue weighted by molar-refractivity contribution is 5.72. The van der Waals surface area contributed by atoms with Crippen molar-refractivity contribution in [3.05, 3.63) is 29.1 Å². The summed E-state index contributed by atoms with van der Waals surface area (Å²) in [5.74, 6) is -0.967. The molecule has 0 aromatic carbocycles. The predicted octanol–water partition coefficient (Wildman–Crippen LogP) is 1.44. The third-order valence-electron chi connectivity index (χ3n) is 2.78. The number of aryl methyl sites for hydroxylation is 1. The highest BCUT2D eigenvalue weighted by Crippen LogP contribution is 2.25. The maximum atomic E-state index is 10.8. The normalized spacial score (nSPS) is 19.4. The number of carboxylic acid groups (broad SMARTS) is 1. The van der Waals surface area contributed by atoms with Crippen LogP contribution in [0.2, 0.25) is 0 Å². The van der Waals surface area contributed by atoms with Crippen LogP contribution >= 0.6 is 0 Å². The fraction of sp³-hybridized carbons (Fsp3) is 0.455. The number of fused-ring (bicyclic) bond motifs is 1. The number of hydrogen-bond donors (Lipinski definition) is 1. The molecule has 1 atom stereocenters. The number of pyridine rings is 1. The summed E-state index contributed by atoms with van der Waals surface area (Å²) in [6, 6.07) is 2.09. The van der Waals surface area contributed by atoms with Gasteiger partial charge in [0, 0.05) is 18.3 Å². The van der Waals surface area contributed by atoms with Crippen molar-refractivity contribution in [2.75, 3.05) is 0 Å². The molecule has 0 aliphatic heterocycles. The molecule has 1 aromatic heterocycles. The summed E-state index contributed by atoms with van der Waals surface area (Å²) in [5.41, 5.74) is 3.28. The first-order chi connectivity index (χ1) is 6.70. The van der Waals surface area contributed by atoms with E-state index >= 15 is 0 Å².